The summed E-state index contributed by atoms with van der Waals surface area (Å²) >= 11 is 0. The number of ether oxygens (including phenoxy) is 1. The van der Waals surface area contributed by atoms with Gasteiger partial charge in [-0.25, -0.2) is 0 Å². The minimum atomic E-state index is -0.00435. The van der Waals surface area contributed by atoms with Gasteiger partial charge in [0, 0.05) is 30.8 Å². The zero-order chi connectivity index (χ0) is 20.4. The molecule has 2 heterocycles. The molecule has 0 saturated carbocycles. The van der Waals surface area contributed by atoms with Gasteiger partial charge in [-0.2, -0.15) is 5.10 Å². The van der Waals surface area contributed by atoms with Crippen LogP contribution < -0.4 is 15.0 Å². The smallest absolute Gasteiger partial charge is 0.251 e. The van der Waals surface area contributed by atoms with Crippen molar-refractivity contribution in [2.24, 2.45) is 0 Å². The molecule has 0 bridgehead atoms. The molecule has 29 heavy (non-hydrogen) atoms. The van der Waals surface area contributed by atoms with Crippen LogP contribution in [-0.4, -0.2) is 42.3 Å². The Morgan fingerprint density at radius 3 is 2.69 bits per heavy atom. The maximum absolute atomic E-state index is 12.7. The highest BCUT2D eigenvalue weighted by atomic mass is 16.5. The number of amides is 1. The lowest BCUT2D eigenvalue weighted by atomic mass is 10.0. The summed E-state index contributed by atoms with van der Waals surface area (Å²) in [6, 6.07) is 16.0. The van der Waals surface area contributed by atoms with Crippen LogP contribution in [0.25, 0.3) is 11.3 Å². The number of aryl methyl sites for hydroxylation is 2. The third kappa shape index (κ3) is 4.11. The third-order valence-electron chi connectivity index (χ3n) is 5.44. The second-order valence-corrected chi connectivity index (χ2v) is 7.59. The molecule has 1 amide bonds. The molecule has 3 aromatic rings. The van der Waals surface area contributed by atoms with Crippen LogP contribution in [-0.2, 0) is 0 Å². The van der Waals surface area contributed by atoms with Crippen LogP contribution in [0.5, 0.6) is 5.75 Å². The summed E-state index contributed by atoms with van der Waals surface area (Å²) < 4.78 is 5.21. The molecular weight excluding hydrogens is 364 g/mol. The number of aromatic nitrogens is 2. The van der Waals surface area contributed by atoms with E-state index < -0.39 is 0 Å². The largest absolute Gasteiger partial charge is 0.497 e. The number of benzene rings is 2. The highest BCUT2D eigenvalue weighted by Gasteiger charge is 2.26. The molecule has 0 radical (unpaired) electrons. The predicted octanol–water partition coefficient (Wildman–Crippen LogP) is 3.71. The summed E-state index contributed by atoms with van der Waals surface area (Å²) in [7, 11) is 1.66. The van der Waals surface area contributed by atoms with Crippen molar-refractivity contribution in [1.29, 1.82) is 0 Å². The Hall–Kier alpha value is -3.28. The first kappa shape index (κ1) is 19.1. The van der Waals surface area contributed by atoms with E-state index in [0.29, 0.717) is 0 Å². The Labute approximate surface area is 170 Å². The highest BCUT2D eigenvalue weighted by Crippen LogP contribution is 2.26. The molecule has 6 heteroatoms. The molecule has 1 aliphatic heterocycles. The van der Waals surface area contributed by atoms with E-state index in [0.717, 1.165) is 59.0 Å². The molecule has 4 rings (SSSR count). The quantitative estimate of drug-likeness (QED) is 0.697. The van der Waals surface area contributed by atoms with Crippen LogP contribution in [0.4, 0.5) is 5.82 Å². The Balaban J connectivity index is 1.39. The van der Waals surface area contributed by atoms with Crippen LogP contribution in [0.2, 0.25) is 0 Å². The number of nitrogens with one attached hydrogen (secondary N) is 2. The van der Waals surface area contributed by atoms with Gasteiger partial charge in [-0.3, -0.25) is 9.89 Å². The molecule has 1 fully saturated rings. The first-order valence-corrected chi connectivity index (χ1v) is 9.86. The third-order valence-corrected chi connectivity index (χ3v) is 5.44. The lowest BCUT2D eigenvalue weighted by molar-refractivity contribution is 0.0940. The van der Waals surface area contributed by atoms with E-state index in [1.807, 2.05) is 56.3 Å². The van der Waals surface area contributed by atoms with E-state index in [4.69, 9.17) is 4.74 Å². The number of rotatable bonds is 5. The molecule has 1 aliphatic rings. The van der Waals surface area contributed by atoms with Gasteiger partial charge < -0.3 is 15.0 Å². The summed E-state index contributed by atoms with van der Waals surface area (Å²) in [5.41, 5.74) is 4.94. The number of hydrogen-bond acceptors (Lipinski definition) is 4. The number of hydrogen-bond donors (Lipinski definition) is 2. The van der Waals surface area contributed by atoms with Crippen LogP contribution in [0, 0.1) is 13.8 Å². The van der Waals surface area contributed by atoms with Crippen LogP contribution in [0.3, 0.4) is 0 Å². The second-order valence-electron chi connectivity index (χ2n) is 7.59. The Bertz CT molecular complexity index is 1010. The number of carbonyl (C=O) groups excluding carboxylic acids is 1. The van der Waals surface area contributed by atoms with Gasteiger partial charge in [0.1, 0.15) is 5.75 Å². The van der Waals surface area contributed by atoms with Crippen molar-refractivity contribution in [3.05, 3.63) is 65.2 Å². The second kappa shape index (κ2) is 7.99. The first-order chi connectivity index (χ1) is 14.0. The lowest BCUT2D eigenvalue weighted by Gasteiger charge is -2.16. The molecule has 0 spiro atoms. The zero-order valence-electron chi connectivity index (χ0n) is 17.0. The summed E-state index contributed by atoms with van der Waals surface area (Å²) in [5.74, 6) is 1.73. The Morgan fingerprint density at radius 1 is 1.17 bits per heavy atom. The maximum atomic E-state index is 12.7. The summed E-state index contributed by atoms with van der Waals surface area (Å²) in [4.78, 5) is 14.9. The van der Waals surface area contributed by atoms with Gasteiger partial charge in [-0.05, 0) is 61.7 Å². The van der Waals surface area contributed by atoms with Crippen molar-refractivity contribution >= 4 is 11.7 Å². The van der Waals surface area contributed by atoms with Crippen LogP contribution in [0.15, 0.2) is 48.5 Å². The van der Waals surface area contributed by atoms with Gasteiger partial charge in [0.25, 0.3) is 5.91 Å². The number of carbonyl (C=O) groups is 1. The normalized spacial score (nSPS) is 16.1. The van der Waals surface area contributed by atoms with E-state index in [2.05, 4.69) is 26.5 Å². The minimum absolute atomic E-state index is 0.00435. The van der Waals surface area contributed by atoms with Crippen molar-refractivity contribution < 1.29 is 9.53 Å². The van der Waals surface area contributed by atoms with E-state index in [-0.39, 0.29) is 11.9 Å². The van der Waals surface area contributed by atoms with E-state index in [9.17, 15) is 4.79 Å². The van der Waals surface area contributed by atoms with Gasteiger partial charge >= 0.3 is 0 Å². The maximum Gasteiger partial charge on any atom is 0.251 e. The SMILES string of the molecule is COc1ccc(-c2cc(N3CC[C@@H](NC(=O)c4ccc(C)cc4C)C3)n[nH]2)cc1. The molecule has 0 aliphatic carbocycles. The number of H-pyrrole nitrogens is 1. The average Bonchev–Trinajstić information content (AvgIpc) is 3.37. The molecule has 150 valence electrons. The van der Waals surface area contributed by atoms with Gasteiger partial charge in [-0.1, -0.05) is 17.7 Å². The number of nitrogens with zero attached hydrogens (tertiary/aromatic N) is 2. The van der Waals surface area contributed by atoms with Crippen LogP contribution in [0.1, 0.15) is 27.9 Å². The van der Waals surface area contributed by atoms with Crippen molar-refractivity contribution in [3.8, 4) is 17.0 Å². The van der Waals surface area contributed by atoms with Gasteiger partial charge in [0.2, 0.25) is 0 Å². The molecular formula is C23H26N4O2. The topological polar surface area (TPSA) is 70.2 Å². The fraction of sp³-hybridized carbons (Fsp3) is 0.304. The van der Waals surface area contributed by atoms with Gasteiger partial charge in [0.05, 0.1) is 12.8 Å². The van der Waals surface area contributed by atoms with Crippen molar-refractivity contribution in [2.75, 3.05) is 25.1 Å². The van der Waals surface area contributed by atoms with Crippen molar-refractivity contribution in [2.45, 2.75) is 26.3 Å². The number of methoxy groups -OCH3 is 1. The number of aromatic amines is 1. The lowest BCUT2D eigenvalue weighted by Crippen LogP contribution is -2.37. The Morgan fingerprint density at radius 2 is 1.97 bits per heavy atom. The molecule has 6 nitrogen and oxygen atoms in total. The fourth-order valence-electron chi connectivity index (χ4n) is 3.81. The minimum Gasteiger partial charge on any atom is -0.497 e. The van der Waals surface area contributed by atoms with Gasteiger partial charge in [0.15, 0.2) is 5.82 Å². The molecule has 1 atom stereocenters. The summed E-state index contributed by atoms with van der Waals surface area (Å²) in [6.07, 6.45) is 0.904. The number of anilines is 1. The average molecular weight is 390 g/mol. The highest BCUT2D eigenvalue weighted by molar-refractivity contribution is 5.96. The molecule has 2 N–H and O–H groups in total. The fourth-order valence-corrected chi connectivity index (χ4v) is 3.81. The summed E-state index contributed by atoms with van der Waals surface area (Å²) in [5, 5.41) is 10.8. The van der Waals surface area contributed by atoms with Crippen LogP contribution >= 0.6 is 0 Å². The van der Waals surface area contributed by atoms with Crippen molar-refractivity contribution in [1.82, 2.24) is 15.5 Å². The summed E-state index contributed by atoms with van der Waals surface area (Å²) in [6.45, 7) is 5.63. The molecule has 1 saturated heterocycles. The Kier molecular flexibility index (Phi) is 5.25. The predicted molar refractivity (Wildman–Crippen MR) is 115 cm³/mol. The van der Waals surface area contributed by atoms with E-state index in [1.165, 1.54) is 0 Å². The standard InChI is InChI=1S/C23H26N4O2/c1-15-4-9-20(16(2)12-15)23(28)24-18-10-11-27(14-18)22-13-21(25-26-22)17-5-7-19(29-3)8-6-17/h4-9,12-13,18H,10-11,14H2,1-3H3,(H,24,28)(H,25,26)/t18-/m1/s1. The van der Waals surface area contributed by atoms with Crippen molar-refractivity contribution in [3.63, 3.8) is 0 Å². The monoisotopic (exact) mass is 390 g/mol. The van der Waals surface area contributed by atoms with Gasteiger partial charge in [-0.15, -0.1) is 0 Å². The molecule has 1 aromatic heterocycles. The zero-order valence-corrected chi connectivity index (χ0v) is 17.0. The first-order valence-electron chi connectivity index (χ1n) is 9.86. The van der Waals surface area contributed by atoms with E-state index >= 15 is 0 Å². The molecule has 0 unspecified atom stereocenters. The van der Waals surface area contributed by atoms with E-state index in [1.54, 1.807) is 7.11 Å². The molecule has 2 aromatic carbocycles.